The number of hydrogen-bond acceptors (Lipinski definition) is 6. The van der Waals surface area contributed by atoms with Crippen LogP contribution in [0, 0.1) is 11.8 Å². The van der Waals surface area contributed by atoms with Crippen molar-refractivity contribution in [3.05, 3.63) is 129 Å². The number of halogens is 8. The second-order valence-corrected chi connectivity index (χ2v) is 18.9. The zero-order valence-electron chi connectivity index (χ0n) is 35.9. The number of benzene rings is 4. The average Bonchev–Trinajstić information content (AvgIpc) is 4.09. The molecule has 3 saturated heterocycles. The van der Waals surface area contributed by atoms with E-state index in [0.29, 0.717) is 53.7 Å². The summed E-state index contributed by atoms with van der Waals surface area (Å²) in [6, 6.07) is 25.8. The molecule has 0 spiro atoms. The molecule has 66 heavy (non-hydrogen) atoms. The lowest BCUT2D eigenvalue weighted by Crippen LogP contribution is -2.52. The van der Waals surface area contributed by atoms with E-state index < -0.39 is 29.6 Å². The van der Waals surface area contributed by atoms with Gasteiger partial charge in [0, 0.05) is 52.3 Å². The molecule has 4 atom stereocenters. The molecule has 2 N–H and O–H groups in total. The standard InChI is InChI=1S/C25H29ClF3NO2.C13H16F3NO.C12H13ClO.2CH4/c26-21-8-4-19(5-9-21)24(12-2-13-24)23(31)16-30-14-1-3-18(15-30)17-32-22-10-6-20(7-11-22)25(27,28)29;14-13(15,16)11-3-5-12(6-4-11)18-9-10-2-1-7-17-8-10;13-10-4-2-9(3-5-10)12(6-1-7-12)11-8-14-11;;/h4-11,18,23,31H,1-3,12-17H2;3-6,10,17H,1-2,7-9H2;2-5,11H,1,6-8H2;2*1H4/t18-,23+;10-;11-;;/m001../s1. The maximum Gasteiger partial charge on any atom is 0.416 e. The quantitative estimate of drug-likeness (QED) is 0.109. The van der Waals surface area contributed by atoms with E-state index in [9.17, 15) is 31.4 Å². The van der Waals surface area contributed by atoms with E-state index in [1.54, 1.807) is 0 Å². The summed E-state index contributed by atoms with van der Waals surface area (Å²) in [4.78, 5) is 2.30. The lowest BCUT2D eigenvalue weighted by molar-refractivity contribution is -0.138. The second kappa shape index (κ2) is 23.7. The minimum atomic E-state index is -4.34. The van der Waals surface area contributed by atoms with E-state index in [-0.39, 0.29) is 26.2 Å². The van der Waals surface area contributed by atoms with Gasteiger partial charge in [-0.1, -0.05) is 75.2 Å². The summed E-state index contributed by atoms with van der Waals surface area (Å²) in [6.07, 6.45) is 2.62. The lowest BCUT2D eigenvalue weighted by Gasteiger charge is -2.48. The molecule has 4 aromatic rings. The Morgan fingerprint density at radius 2 is 1.15 bits per heavy atom. The average molecular weight is 968 g/mol. The zero-order valence-corrected chi connectivity index (χ0v) is 37.4. The van der Waals surface area contributed by atoms with Crippen LogP contribution in [0.4, 0.5) is 26.3 Å². The molecule has 6 nitrogen and oxygen atoms in total. The Morgan fingerprint density at radius 3 is 1.58 bits per heavy atom. The molecule has 2 aliphatic carbocycles. The van der Waals surface area contributed by atoms with Crippen molar-refractivity contribution in [3.63, 3.8) is 0 Å². The highest BCUT2D eigenvalue weighted by atomic mass is 35.5. The van der Waals surface area contributed by atoms with Crippen molar-refractivity contribution in [2.75, 3.05) is 52.5 Å². The smallest absolute Gasteiger partial charge is 0.416 e. The van der Waals surface area contributed by atoms with Crippen molar-refractivity contribution < 1.29 is 45.7 Å². The lowest BCUT2D eigenvalue weighted by atomic mass is 9.61. The minimum Gasteiger partial charge on any atom is -0.493 e. The molecule has 0 aromatic heterocycles. The second-order valence-electron chi connectivity index (χ2n) is 18.0. The Labute approximate surface area is 397 Å². The number of rotatable bonds is 12. The van der Waals surface area contributed by atoms with Gasteiger partial charge >= 0.3 is 12.4 Å². The molecule has 364 valence electrons. The Kier molecular flexibility index (Phi) is 19.2. The maximum atomic E-state index is 12.7. The summed E-state index contributed by atoms with van der Waals surface area (Å²) in [6.45, 7) is 6.27. The number of epoxide rings is 1. The van der Waals surface area contributed by atoms with Crippen molar-refractivity contribution in [1.82, 2.24) is 10.2 Å². The van der Waals surface area contributed by atoms with E-state index in [1.807, 2.05) is 36.4 Å². The molecule has 5 fully saturated rings. The Balaban J connectivity index is 0.000000202. The van der Waals surface area contributed by atoms with E-state index in [2.05, 4.69) is 22.3 Å². The summed E-state index contributed by atoms with van der Waals surface area (Å²) in [5.74, 6) is 1.67. The van der Waals surface area contributed by atoms with E-state index in [1.165, 1.54) is 49.1 Å². The van der Waals surface area contributed by atoms with Gasteiger partial charge in [0.15, 0.2) is 0 Å². The molecule has 2 saturated carbocycles. The van der Waals surface area contributed by atoms with Gasteiger partial charge in [-0.2, -0.15) is 26.3 Å². The summed E-state index contributed by atoms with van der Waals surface area (Å²) in [5.41, 5.74) is 1.39. The van der Waals surface area contributed by atoms with Crippen LogP contribution in [-0.2, 0) is 27.9 Å². The number of ether oxygens (including phenoxy) is 3. The van der Waals surface area contributed by atoms with Crippen LogP contribution in [0.15, 0.2) is 97.1 Å². The molecule has 0 unspecified atom stereocenters. The van der Waals surface area contributed by atoms with Gasteiger partial charge in [0.05, 0.1) is 43.2 Å². The summed E-state index contributed by atoms with van der Waals surface area (Å²) in [7, 11) is 0. The van der Waals surface area contributed by atoms with Gasteiger partial charge in [-0.05, 0) is 148 Å². The van der Waals surface area contributed by atoms with Gasteiger partial charge in [0.1, 0.15) is 11.5 Å². The van der Waals surface area contributed by atoms with Crippen LogP contribution in [0.25, 0.3) is 0 Å². The molecule has 0 bridgehead atoms. The van der Waals surface area contributed by atoms with Crippen LogP contribution in [0.5, 0.6) is 11.5 Å². The highest BCUT2D eigenvalue weighted by Gasteiger charge is 2.52. The van der Waals surface area contributed by atoms with Crippen molar-refractivity contribution in [1.29, 1.82) is 0 Å². The number of aliphatic hydroxyl groups is 1. The fourth-order valence-corrected chi connectivity index (χ4v) is 9.76. The van der Waals surface area contributed by atoms with Crippen LogP contribution >= 0.6 is 23.2 Å². The number of nitrogens with one attached hydrogen (secondary N) is 1. The fourth-order valence-electron chi connectivity index (χ4n) is 9.50. The van der Waals surface area contributed by atoms with Gasteiger partial charge in [-0.3, -0.25) is 0 Å². The third kappa shape index (κ3) is 14.0. The monoisotopic (exact) mass is 966 g/mol. The molecule has 3 aliphatic heterocycles. The van der Waals surface area contributed by atoms with Gasteiger partial charge in [-0.25, -0.2) is 0 Å². The van der Waals surface area contributed by atoms with Gasteiger partial charge in [0.2, 0.25) is 0 Å². The van der Waals surface area contributed by atoms with Gasteiger partial charge in [-0.15, -0.1) is 0 Å². The Bertz CT molecular complexity index is 2030. The molecular formula is C52H66Cl2F6N2O4. The first-order chi connectivity index (χ1) is 30.6. The van der Waals surface area contributed by atoms with Crippen molar-refractivity contribution in [2.45, 2.75) is 114 Å². The van der Waals surface area contributed by atoms with Crippen molar-refractivity contribution >= 4 is 23.2 Å². The van der Waals surface area contributed by atoms with E-state index in [4.69, 9.17) is 37.4 Å². The fraction of sp³-hybridized carbons (Fsp3) is 0.538. The normalized spacial score (nSPS) is 22.4. The van der Waals surface area contributed by atoms with Gasteiger partial charge < -0.3 is 29.5 Å². The van der Waals surface area contributed by atoms with Crippen molar-refractivity contribution in [3.8, 4) is 11.5 Å². The first kappa shape index (κ1) is 53.4. The van der Waals surface area contributed by atoms with Crippen LogP contribution in [0.2, 0.25) is 10.0 Å². The molecule has 4 aromatic carbocycles. The third-order valence-electron chi connectivity index (χ3n) is 13.7. The molecular weight excluding hydrogens is 901 g/mol. The zero-order chi connectivity index (χ0) is 45.4. The largest absolute Gasteiger partial charge is 0.493 e. The summed E-state index contributed by atoms with van der Waals surface area (Å²) in [5, 5.41) is 16.0. The van der Waals surface area contributed by atoms with Crippen LogP contribution < -0.4 is 14.8 Å². The van der Waals surface area contributed by atoms with Crippen LogP contribution in [-0.4, -0.2) is 74.8 Å². The van der Waals surface area contributed by atoms with Crippen LogP contribution in [0.3, 0.4) is 0 Å². The predicted octanol–water partition coefficient (Wildman–Crippen LogP) is 13.4. The number of piperidine rings is 2. The third-order valence-corrected chi connectivity index (χ3v) is 14.2. The number of β-amino-alcohol motifs (C(OH)–C–C–N with tert-alkyl or cyclic N) is 1. The molecule has 0 radical (unpaired) electrons. The molecule has 14 heteroatoms. The number of nitrogens with zero attached hydrogens (tertiary/aromatic N) is 1. The number of alkyl halides is 6. The maximum absolute atomic E-state index is 12.7. The number of aliphatic hydroxyl groups excluding tert-OH is 1. The Morgan fingerprint density at radius 1 is 0.667 bits per heavy atom. The summed E-state index contributed by atoms with van der Waals surface area (Å²) < 4.78 is 91.9. The Hall–Kier alpha value is -3.52. The topological polar surface area (TPSA) is 66.5 Å². The molecule has 5 aliphatic rings. The predicted molar refractivity (Wildman–Crippen MR) is 252 cm³/mol. The first-order valence-electron chi connectivity index (χ1n) is 22.5. The highest BCUT2D eigenvalue weighted by Crippen LogP contribution is 2.51. The number of hydrogen-bond donors (Lipinski definition) is 2. The minimum absolute atomic E-state index is 0. The van der Waals surface area contributed by atoms with E-state index >= 15 is 0 Å². The van der Waals surface area contributed by atoms with E-state index in [0.717, 1.165) is 113 Å². The molecule has 3 heterocycles. The van der Waals surface area contributed by atoms with Gasteiger partial charge in [0.25, 0.3) is 0 Å². The molecule has 0 amide bonds. The van der Waals surface area contributed by atoms with Crippen LogP contribution in [0.1, 0.15) is 101 Å². The molecule has 9 rings (SSSR count). The number of likely N-dealkylation sites (tertiary alicyclic amines) is 1. The van der Waals surface area contributed by atoms with Crippen molar-refractivity contribution in [2.24, 2.45) is 11.8 Å². The SMILES string of the molecule is C.C.Clc1ccc(C2([C@H]3CO3)CCC2)cc1.FC(F)(F)c1ccc(OC[C@H]2CCCNC2)cc1.O[C@H](CN1CCC[C@H](COc2ccc(C(F)(F)F)cc2)C1)C1(c2ccc(Cl)cc2)CCC1. The summed E-state index contributed by atoms with van der Waals surface area (Å²) >= 11 is 11.9. The highest BCUT2D eigenvalue weighted by molar-refractivity contribution is 6.30. The first-order valence-corrected chi connectivity index (χ1v) is 23.2.